The molecule has 1 nitrogen and oxygen atoms in total. The zero-order valence-corrected chi connectivity index (χ0v) is 9.60. The number of halogens is 1. The molecule has 0 aromatic heterocycles. The Labute approximate surface area is 104 Å². The number of phenolic OH excluding ortho intramolecular Hbond substituents is 1. The van der Waals surface area contributed by atoms with Gasteiger partial charge >= 0.3 is 0 Å². The van der Waals surface area contributed by atoms with Crippen molar-refractivity contribution in [2.24, 2.45) is 0 Å². The van der Waals surface area contributed by atoms with E-state index < -0.39 is 0 Å². The molecule has 0 aliphatic carbocycles. The summed E-state index contributed by atoms with van der Waals surface area (Å²) in [5.41, 5.74) is 1.67. The van der Waals surface area contributed by atoms with Crippen molar-refractivity contribution >= 4 is 10.8 Å². The summed E-state index contributed by atoms with van der Waals surface area (Å²) in [6.07, 6.45) is 0. The van der Waals surface area contributed by atoms with E-state index in [9.17, 15) is 9.50 Å². The van der Waals surface area contributed by atoms with Gasteiger partial charge in [-0.1, -0.05) is 42.5 Å². The summed E-state index contributed by atoms with van der Waals surface area (Å²) in [6.45, 7) is 0. The van der Waals surface area contributed by atoms with Crippen LogP contribution in [0.3, 0.4) is 0 Å². The highest BCUT2D eigenvalue weighted by Crippen LogP contribution is 2.34. The predicted octanol–water partition coefficient (Wildman–Crippen LogP) is 4.35. The smallest absolute Gasteiger partial charge is 0.123 e. The molecule has 3 rings (SSSR count). The minimum Gasteiger partial charge on any atom is -0.507 e. The van der Waals surface area contributed by atoms with Gasteiger partial charge in [-0.2, -0.15) is 0 Å². The van der Waals surface area contributed by atoms with Gasteiger partial charge in [-0.25, -0.2) is 4.39 Å². The lowest BCUT2D eigenvalue weighted by Crippen LogP contribution is -1.83. The van der Waals surface area contributed by atoms with Crippen molar-refractivity contribution in [3.63, 3.8) is 0 Å². The number of para-hydroxylation sites is 1. The molecule has 88 valence electrons. The van der Waals surface area contributed by atoms with E-state index in [1.807, 2.05) is 30.3 Å². The minimum atomic E-state index is -0.253. The van der Waals surface area contributed by atoms with Gasteiger partial charge in [0.1, 0.15) is 11.6 Å². The van der Waals surface area contributed by atoms with E-state index in [2.05, 4.69) is 0 Å². The second kappa shape index (κ2) is 4.15. The summed E-state index contributed by atoms with van der Waals surface area (Å²) in [5.74, 6) is -0.0220. The van der Waals surface area contributed by atoms with Gasteiger partial charge in [0, 0.05) is 5.56 Å². The third-order valence-electron chi connectivity index (χ3n) is 3.04. The SMILES string of the molecule is Oc1ccccc1-c1cccc2cc(F)ccc12. The summed E-state index contributed by atoms with van der Waals surface area (Å²) in [4.78, 5) is 0. The molecule has 0 bridgehead atoms. The van der Waals surface area contributed by atoms with Crippen molar-refractivity contribution in [1.29, 1.82) is 0 Å². The zero-order chi connectivity index (χ0) is 12.5. The molecule has 0 radical (unpaired) electrons. The van der Waals surface area contributed by atoms with E-state index >= 15 is 0 Å². The number of aromatic hydroxyl groups is 1. The summed E-state index contributed by atoms with van der Waals surface area (Å²) in [5, 5.41) is 11.7. The predicted molar refractivity (Wildman–Crippen MR) is 71.0 cm³/mol. The lowest BCUT2D eigenvalue weighted by molar-refractivity contribution is 0.477. The Morgan fingerprint density at radius 2 is 1.56 bits per heavy atom. The monoisotopic (exact) mass is 238 g/mol. The number of phenols is 1. The number of hydrogen-bond acceptors (Lipinski definition) is 1. The van der Waals surface area contributed by atoms with Gasteiger partial charge in [0.15, 0.2) is 0 Å². The first-order valence-electron chi connectivity index (χ1n) is 5.72. The molecule has 2 heteroatoms. The third kappa shape index (κ3) is 1.72. The zero-order valence-electron chi connectivity index (χ0n) is 9.60. The van der Waals surface area contributed by atoms with Crippen molar-refractivity contribution < 1.29 is 9.50 Å². The van der Waals surface area contributed by atoms with Crippen LogP contribution < -0.4 is 0 Å². The summed E-state index contributed by atoms with van der Waals surface area (Å²) < 4.78 is 13.2. The van der Waals surface area contributed by atoms with Crippen molar-refractivity contribution in [3.05, 3.63) is 66.5 Å². The minimum absolute atomic E-state index is 0.231. The van der Waals surface area contributed by atoms with E-state index in [4.69, 9.17) is 0 Å². The van der Waals surface area contributed by atoms with Crippen LogP contribution in [0.4, 0.5) is 4.39 Å². The number of fused-ring (bicyclic) bond motifs is 1. The average Bonchev–Trinajstić information content (AvgIpc) is 2.38. The fourth-order valence-corrected chi connectivity index (χ4v) is 2.19. The Morgan fingerprint density at radius 1 is 0.778 bits per heavy atom. The molecule has 0 atom stereocenters. The molecule has 0 saturated carbocycles. The maximum absolute atomic E-state index is 13.2. The first-order valence-corrected chi connectivity index (χ1v) is 5.72. The Kier molecular flexibility index (Phi) is 2.49. The quantitative estimate of drug-likeness (QED) is 0.668. The average molecular weight is 238 g/mol. The normalized spacial score (nSPS) is 10.7. The first-order chi connectivity index (χ1) is 8.75. The molecular weight excluding hydrogens is 227 g/mol. The van der Waals surface area contributed by atoms with Gasteiger partial charge < -0.3 is 5.11 Å². The maximum Gasteiger partial charge on any atom is 0.123 e. The van der Waals surface area contributed by atoms with Crippen molar-refractivity contribution in [3.8, 4) is 16.9 Å². The fraction of sp³-hybridized carbons (Fsp3) is 0. The van der Waals surface area contributed by atoms with Gasteiger partial charge in [0.2, 0.25) is 0 Å². The van der Waals surface area contributed by atoms with Crippen molar-refractivity contribution in [1.82, 2.24) is 0 Å². The second-order valence-corrected chi connectivity index (χ2v) is 4.19. The van der Waals surface area contributed by atoms with Gasteiger partial charge in [-0.15, -0.1) is 0 Å². The molecule has 0 fully saturated rings. The van der Waals surface area contributed by atoms with Crippen LogP contribution in [0.25, 0.3) is 21.9 Å². The highest BCUT2D eigenvalue weighted by atomic mass is 19.1. The van der Waals surface area contributed by atoms with Crippen LogP contribution in [0.5, 0.6) is 5.75 Å². The number of benzene rings is 3. The van der Waals surface area contributed by atoms with Crippen LogP contribution in [-0.4, -0.2) is 5.11 Å². The standard InChI is InChI=1S/C16H11FO/c17-12-8-9-13-11(10-12)4-3-6-14(13)15-5-1-2-7-16(15)18/h1-10,18H. The summed E-state index contributed by atoms with van der Waals surface area (Å²) >= 11 is 0. The highest BCUT2D eigenvalue weighted by Gasteiger charge is 2.07. The lowest BCUT2D eigenvalue weighted by atomic mass is 9.97. The van der Waals surface area contributed by atoms with Gasteiger partial charge in [0.05, 0.1) is 0 Å². The third-order valence-corrected chi connectivity index (χ3v) is 3.04. The first kappa shape index (κ1) is 10.8. The topological polar surface area (TPSA) is 20.2 Å². The van der Waals surface area contributed by atoms with E-state index in [-0.39, 0.29) is 11.6 Å². The van der Waals surface area contributed by atoms with Crippen LogP contribution >= 0.6 is 0 Å². The van der Waals surface area contributed by atoms with Crippen molar-refractivity contribution in [2.45, 2.75) is 0 Å². The summed E-state index contributed by atoms with van der Waals surface area (Å²) in [7, 11) is 0. The molecule has 0 heterocycles. The van der Waals surface area contributed by atoms with Gasteiger partial charge in [-0.3, -0.25) is 0 Å². The Bertz CT molecular complexity index is 719. The van der Waals surface area contributed by atoms with Crippen LogP contribution in [0.1, 0.15) is 0 Å². The van der Waals surface area contributed by atoms with Crippen LogP contribution in [0, 0.1) is 5.82 Å². The van der Waals surface area contributed by atoms with Gasteiger partial charge in [0.25, 0.3) is 0 Å². The van der Waals surface area contributed by atoms with Crippen LogP contribution in [-0.2, 0) is 0 Å². The van der Waals surface area contributed by atoms with E-state index in [1.165, 1.54) is 12.1 Å². The largest absolute Gasteiger partial charge is 0.507 e. The maximum atomic E-state index is 13.2. The Balaban J connectivity index is 2.33. The molecule has 0 amide bonds. The van der Waals surface area contributed by atoms with E-state index in [0.717, 1.165) is 21.9 Å². The van der Waals surface area contributed by atoms with Crippen LogP contribution in [0.2, 0.25) is 0 Å². The molecular formula is C16H11FO. The molecule has 3 aromatic rings. The molecule has 3 aromatic carbocycles. The Hall–Kier alpha value is -2.35. The lowest BCUT2D eigenvalue weighted by Gasteiger charge is -2.08. The molecule has 1 N–H and O–H groups in total. The molecule has 0 spiro atoms. The molecule has 0 aliphatic heterocycles. The summed E-state index contributed by atoms with van der Waals surface area (Å²) in [6, 6.07) is 17.5. The number of rotatable bonds is 1. The second-order valence-electron chi connectivity index (χ2n) is 4.19. The van der Waals surface area contributed by atoms with Crippen molar-refractivity contribution in [2.75, 3.05) is 0 Å². The highest BCUT2D eigenvalue weighted by molar-refractivity contribution is 5.97. The van der Waals surface area contributed by atoms with E-state index in [1.54, 1.807) is 18.2 Å². The molecule has 0 unspecified atom stereocenters. The molecule has 18 heavy (non-hydrogen) atoms. The fourth-order valence-electron chi connectivity index (χ4n) is 2.19. The number of hydrogen-bond donors (Lipinski definition) is 1. The van der Waals surface area contributed by atoms with E-state index in [0.29, 0.717) is 0 Å². The molecule has 0 aliphatic rings. The van der Waals surface area contributed by atoms with Crippen LogP contribution in [0.15, 0.2) is 60.7 Å². The molecule has 0 saturated heterocycles. The Morgan fingerprint density at radius 3 is 2.39 bits per heavy atom. The van der Waals surface area contributed by atoms with Gasteiger partial charge in [-0.05, 0) is 34.5 Å².